The zero-order valence-electron chi connectivity index (χ0n) is 29.8. The third kappa shape index (κ3) is 20.4. The van der Waals surface area contributed by atoms with Gasteiger partial charge in [0.05, 0.1) is 30.5 Å². The van der Waals surface area contributed by atoms with Crippen LogP contribution in [-0.2, 0) is 16.0 Å². The number of hydrogen-bond donors (Lipinski definition) is 0. The summed E-state index contributed by atoms with van der Waals surface area (Å²) in [6.07, 6.45) is 27.9. The van der Waals surface area contributed by atoms with E-state index in [1.807, 2.05) is 38.1 Å². The van der Waals surface area contributed by atoms with Crippen LogP contribution in [0, 0.1) is 5.92 Å². The molecule has 0 saturated carbocycles. The molecular formula is C41H66N2O3. The number of rotatable bonds is 29. The van der Waals surface area contributed by atoms with Crippen molar-refractivity contribution >= 4 is 17.3 Å². The van der Waals surface area contributed by atoms with Crippen molar-refractivity contribution in [2.45, 2.75) is 162 Å². The number of aryl methyl sites for hydroxylation is 1. The van der Waals surface area contributed by atoms with Crippen LogP contribution in [0.15, 0.2) is 58.8 Å². The number of unbranched alkanes of at least 4 members (excludes halogenated alkanes) is 18. The van der Waals surface area contributed by atoms with Gasteiger partial charge in [0.1, 0.15) is 5.75 Å². The zero-order valence-corrected chi connectivity index (χ0v) is 29.8. The summed E-state index contributed by atoms with van der Waals surface area (Å²) >= 11 is 0. The Balaban J connectivity index is 1.44. The summed E-state index contributed by atoms with van der Waals surface area (Å²) in [5.74, 6) is 0.875. The second-order valence-electron chi connectivity index (χ2n) is 13.2. The van der Waals surface area contributed by atoms with E-state index in [9.17, 15) is 4.79 Å². The summed E-state index contributed by atoms with van der Waals surface area (Å²) in [6.45, 7) is 7.57. The molecule has 0 heterocycles. The van der Waals surface area contributed by atoms with E-state index in [4.69, 9.17) is 9.47 Å². The molecule has 1 unspecified atom stereocenters. The highest BCUT2D eigenvalue weighted by Gasteiger charge is 2.11. The predicted molar refractivity (Wildman–Crippen MR) is 195 cm³/mol. The molecule has 0 fully saturated rings. The van der Waals surface area contributed by atoms with Crippen molar-refractivity contribution < 1.29 is 14.3 Å². The first-order valence-electron chi connectivity index (χ1n) is 19.0. The number of benzene rings is 2. The fourth-order valence-corrected chi connectivity index (χ4v) is 5.56. The van der Waals surface area contributed by atoms with Crippen molar-refractivity contribution in [3.63, 3.8) is 0 Å². The van der Waals surface area contributed by atoms with E-state index < -0.39 is 0 Å². The molecule has 0 spiro atoms. The van der Waals surface area contributed by atoms with Crippen molar-refractivity contribution in [1.29, 1.82) is 0 Å². The highest BCUT2D eigenvalue weighted by Crippen LogP contribution is 2.23. The van der Waals surface area contributed by atoms with E-state index in [0.717, 1.165) is 55.8 Å². The van der Waals surface area contributed by atoms with E-state index in [0.29, 0.717) is 6.61 Å². The van der Waals surface area contributed by atoms with E-state index in [-0.39, 0.29) is 11.9 Å². The lowest BCUT2D eigenvalue weighted by Gasteiger charge is -2.09. The van der Waals surface area contributed by atoms with E-state index in [1.165, 1.54) is 115 Å². The molecule has 46 heavy (non-hydrogen) atoms. The minimum absolute atomic E-state index is 0.0273. The average molecular weight is 635 g/mol. The first-order valence-corrected chi connectivity index (χ1v) is 19.0. The van der Waals surface area contributed by atoms with Crippen LogP contribution in [0.2, 0.25) is 0 Å². The first kappa shape index (κ1) is 39.5. The molecule has 2 rings (SSSR count). The van der Waals surface area contributed by atoms with Gasteiger partial charge < -0.3 is 9.47 Å². The maximum absolute atomic E-state index is 11.7. The monoisotopic (exact) mass is 635 g/mol. The van der Waals surface area contributed by atoms with Crippen molar-refractivity contribution in [2.75, 3.05) is 13.2 Å². The van der Waals surface area contributed by atoms with Gasteiger partial charge in [-0.15, -0.1) is 0 Å². The van der Waals surface area contributed by atoms with Crippen LogP contribution in [0.3, 0.4) is 0 Å². The van der Waals surface area contributed by atoms with Crippen LogP contribution in [0.1, 0.15) is 161 Å². The van der Waals surface area contributed by atoms with Gasteiger partial charge in [0, 0.05) is 0 Å². The van der Waals surface area contributed by atoms with Crippen molar-refractivity contribution in [1.82, 2.24) is 0 Å². The standard InChI is InChI=1S/C41H66N2O3/c1-4-6-7-8-9-10-13-16-19-22-25-37-26-28-38(29-27-37)42-43-39-30-32-40(33-31-39)45-34-23-20-17-14-11-12-15-18-21-24-35-46-41(44)36(3)5-2/h26-33,36H,4-25,34-35H2,1-3H3/b43-42+. The molecule has 0 bridgehead atoms. The Kier molecular flexibility index (Phi) is 23.5. The van der Waals surface area contributed by atoms with Crippen LogP contribution < -0.4 is 4.74 Å². The van der Waals surface area contributed by atoms with Crippen molar-refractivity contribution in [3.8, 4) is 5.75 Å². The molecule has 0 amide bonds. The molecule has 0 saturated heterocycles. The molecular weight excluding hydrogens is 568 g/mol. The molecule has 2 aromatic carbocycles. The number of azo groups is 1. The maximum atomic E-state index is 11.7. The predicted octanol–water partition coefficient (Wildman–Crippen LogP) is 13.4. The molecule has 2 aromatic rings. The summed E-state index contributed by atoms with van der Waals surface area (Å²) in [5, 5.41) is 8.84. The largest absolute Gasteiger partial charge is 0.494 e. The SMILES string of the molecule is CCCCCCCCCCCCc1ccc(/N=N/c2ccc(OCCCCCCCCCCCCOC(=O)C(C)CC)cc2)cc1. The number of hydrogen-bond acceptors (Lipinski definition) is 5. The topological polar surface area (TPSA) is 60.3 Å². The molecule has 0 aromatic heterocycles. The fraction of sp³-hybridized carbons (Fsp3) is 0.683. The Labute approximate surface area is 282 Å². The van der Waals surface area contributed by atoms with Gasteiger partial charge in [-0.25, -0.2) is 0 Å². The summed E-state index contributed by atoms with van der Waals surface area (Å²) < 4.78 is 11.3. The van der Waals surface area contributed by atoms with Crippen LogP contribution in [-0.4, -0.2) is 19.2 Å². The average Bonchev–Trinajstić information content (AvgIpc) is 3.08. The zero-order chi connectivity index (χ0) is 32.9. The highest BCUT2D eigenvalue weighted by atomic mass is 16.5. The number of ether oxygens (including phenoxy) is 2. The quantitative estimate of drug-likeness (QED) is 0.0508. The van der Waals surface area contributed by atoms with Crippen molar-refractivity contribution in [2.24, 2.45) is 16.1 Å². The minimum atomic E-state index is -0.0462. The third-order valence-corrected chi connectivity index (χ3v) is 8.94. The van der Waals surface area contributed by atoms with Gasteiger partial charge in [-0.05, 0) is 74.1 Å². The Morgan fingerprint density at radius 3 is 1.50 bits per heavy atom. The lowest BCUT2D eigenvalue weighted by Crippen LogP contribution is -2.14. The number of carbonyl (C=O) groups excluding carboxylic acids is 1. The smallest absolute Gasteiger partial charge is 0.308 e. The van der Waals surface area contributed by atoms with Crippen LogP contribution in [0.4, 0.5) is 11.4 Å². The summed E-state index contributed by atoms with van der Waals surface area (Å²) in [7, 11) is 0. The van der Waals surface area contributed by atoms with Gasteiger partial charge in [0.2, 0.25) is 0 Å². The van der Waals surface area contributed by atoms with Gasteiger partial charge in [-0.2, -0.15) is 10.2 Å². The Morgan fingerprint density at radius 1 is 0.565 bits per heavy atom. The second-order valence-corrected chi connectivity index (χ2v) is 13.2. The minimum Gasteiger partial charge on any atom is -0.494 e. The molecule has 258 valence electrons. The molecule has 0 aliphatic rings. The Bertz CT molecular complexity index is 1020. The molecule has 0 radical (unpaired) electrons. The van der Waals surface area contributed by atoms with Gasteiger partial charge in [0.25, 0.3) is 0 Å². The summed E-state index contributed by atoms with van der Waals surface area (Å²) in [5.41, 5.74) is 3.12. The normalized spacial score (nSPS) is 12.1. The number of carbonyl (C=O) groups is 1. The van der Waals surface area contributed by atoms with Gasteiger partial charge in [0.15, 0.2) is 0 Å². The van der Waals surface area contributed by atoms with Crippen molar-refractivity contribution in [3.05, 3.63) is 54.1 Å². The van der Waals surface area contributed by atoms with E-state index in [1.54, 1.807) is 0 Å². The Hall–Kier alpha value is -2.69. The molecule has 0 aliphatic carbocycles. The molecule has 0 aliphatic heterocycles. The molecule has 5 heteroatoms. The lowest BCUT2D eigenvalue weighted by atomic mass is 10.0. The van der Waals surface area contributed by atoms with Gasteiger partial charge in [-0.1, -0.05) is 142 Å². The van der Waals surface area contributed by atoms with Crippen LogP contribution >= 0.6 is 0 Å². The number of nitrogens with zero attached hydrogens (tertiary/aromatic N) is 2. The van der Waals surface area contributed by atoms with Crippen LogP contribution in [0.5, 0.6) is 5.75 Å². The van der Waals surface area contributed by atoms with E-state index >= 15 is 0 Å². The molecule has 1 atom stereocenters. The maximum Gasteiger partial charge on any atom is 0.308 e. The molecule has 0 N–H and O–H groups in total. The van der Waals surface area contributed by atoms with Gasteiger partial charge in [-0.3, -0.25) is 4.79 Å². The van der Waals surface area contributed by atoms with Crippen LogP contribution in [0.25, 0.3) is 0 Å². The lowest BCUT2D eigenvalue weighted by molar-refractivity contribution is -0.148. The molecule has 5 nitrogen and oxygen atoms in total. The second kappa shape index (κ2) is 27.4. The fourth-order valence-electron chi connectivity index (χ4n) is 5.56. The Morgan fingerprint density at radius 2 is 1.00 bits per heavy atom. The first-order chi connectivity index (χ1) is 22.6. The highest BCUT2D eigenvalue weighted by molar-refractivity contribution is 5.71. The number of esters is 1. The summed E-state index contributed by atoms with van der Waals surface area (Å²) in [6, 6.07) is 16.4. The van der Waals surface area contributed by atoms with E-state index in [2.05, 4.69) is 41.4 Å². The third-order valence-electron chi connectivity index (χ3n) is 8.94. The van der Waals surface area contributed by atoms with Gasteiger partial charge >= 0.3 is 5.97 Å². The summed E-state index contributed by atoms with van der Waals surface area (Å²) in [4.78, 5) is 11.7.